The lowest BCUT2D eigenvalue weighted by Crippen LogP contribution is -2.30. The van der Waals surface area contributed by atoms with Crippen LogP contribution in [0.3, 0.4) is 0 Å². The number of hydrogen-bond donors (Lipinski definition) is 0. The van der Waals surface area contributed by atoms with Gasteiger partial charge in [-0.15, -0.1) is 0 Å². The highest BCUT2D eigenvalue weighted by Gasteiger charge is 2.33. The molecule has 6 heteroatoms. The maximum Gasteiger partial charge on any atom is 0.266 e. The number of imide groups is 1. The summed E-state index contributed by atoms with van der Waals surface area (Å²) in [5, 5.41) is 0.302. The van der Waals surface area contributed by atoms with Gasteiger partial charge in [-0.2, -0.15) is 0 Å². The van der Waals surface area contributed by atoms with Crippen molar-refractivity contribution in [2.45, 2.75) is 0 Å². The van der Waals surface area contributed by atoms with Crippen molar-refractivity contribution in [3.8, 4) is 0 Å². The maximum atomic E-state index is 13.2. The number of carbonyl (C=O) groups is 2. The third-order valence-electron chi connectivity index (χ3n) is 3.22. The van der Waals surface area contributed by atoms with Gasteiger partial charge in [0, 0.05) is 11.1 Å². The molecule has 0 saturated heterocycles. The van der Waals surface area contributed by atoms with Crippen LogP contribution in [0.1, 0.15) is 5.56 Å². The number of benzene rings is 2. The molecule has 2 amide bonds. The molecule has 0 bridgehead atoms. The largest absolute Gasteiger partial charge is 0.269 e. The van der Waals surface area contributed by atoms with E-state index in [0.29, 0.717) is 16.3 Å². The predicted octanol–water partition coefficient (Wildman–Crippen LogP) is 4.09. The van der Waals surface area contributed by atoms with Gasteiger partial charge in [0.15, 0.2) is 0 Å². The van der Waals surface area contributed by atoms with Crippen molar-refractivity contribution in [2.75, 3.05) is 4.90 Å². The minimum atomic E-state index is -0.588. The van der Waals surface area contributed by atoms with Gasteiger partial charge in [0.05, 0.1) is 16.3 Å². The fraction of sp³-hybridized carbons (Fsp3) is 0. The molecular formula is C16H8Cl2FNO2. The van der Waals surface area contributed by atoms with Crippen molar-refractivity contribution in [1.82, 2.24) is 0 Å². The molecule has 3 nitrogen and oxygen atoms in total. The van der Waals surface area contributed by atoms with Crippen LogP contribution in [-0.2, 0) is 9.59 Å². The van der Waals surface area contributed by atoms with E-state index in [1.807, 2.05) is 0 Å². The van der Waals surface area contributed by atoms with Gasteiger partial charge in [0.2, 0.25) is 0 Å². The van der Waals surface area contributed by atoms with E-state index in [-0.39, 0.29) is 10.6 Å². The Hall–Kier alpha value is -2.17. The summed E-state index contributed by atoms with van der Waals surface area (Å²) in [5.74, 6) is -1.58. The minimum absolute atomic E-state index is 0.111. The molecule has 0 radical (unpaired) electrons. The summed E-state index contributed by atoms with van der Waals surface area (Å²) in [7, 11) is 0. The van der Waals surface area contributed by atoms with Gasteiger partial charge < -0.3 is 0 Å². The highest BCUT2D eigenvalue weighted by atomic mass is 35.5. The molecule has 0 fully saturated rings. The Morgan fingerprint density at radius 3 is 2.45 bits per heavy atom. The van der Waals surface area contributed by atoms with E-state index in [1.165, 1.54) is 24.3 Å². The van der Waals surface area contributed by atoms with Crippen molar-refractivity contribution in [3.05, 3.63) is 70.0 Å². The lowest BCUT2D eigenvalue weighted by Gasteiger charge is -2.15. The van der Waals surface area contributed by atoms with E-state index < -0.39 is 17.6 Å². The van der Waals surface area contributed by atoms with Crippen LogP contribution in [0.4, 0.5) is 10.1 Å². The van der Waals surface area contributed by atoms with Crippen LogP contribution >= 0.6 is 23.2 Å². The van der Waals surface area contributed by atoms with E-state index >= 15 is 0 Å². The van der Waals surface area contributed by atoms with Gasteiger partial charge in [0.1, 0.15) is 5.82 Å². The minimum Gasteiger partial charge on any atom is -0.269 e. The summed E-state index contributed by atoms with van der Waals surface area (Å²) in [4.78, 5) is 25.6. The highest BCUT2D eigenvalue weighted by Crippen LogP contribution is 2.31. The van der Waals surface area contributed by atoms with E-state index in [1.54, 1.807) is 18.2 Å². The Labute approximate surface area is 135 Å². The zero-order valence-corrected chi connectivity index (χ0v) is 12.5. The quantitative estimate of drug-likeness (QED) is 0.775. The second-order valence-electron chi connectivity index (χ2n) is 4.65. The van der Waals surface area contributed by atoms with Crippen molar-refractivity contribution in [3.63, 3.8) is 0 Å². The van der Waals surface area contributed by atoms with E-state index in [9.17, 15) is 14.0 Å². The number of nitrogens with zero attached hydrogens (tertiary/aromatic N) is 1. The number of rotatable bonds is 2. The van der Waals surface area contributed by atoms with Crippen molar-refractivity contribution >= 4 is 46.3 Å². The van der Waals surface area contributed by atoms with Gasteiger partial charge in [-0.25, -0.2) is 9.29 Å². The third kappa shape index (κ3) is 2.51. The second kappa shape index (κ2) is 5.55. The predicted molar refractivity (Wildman–Crippen MR) is 83.3 cm³/mol. The van der Waals surface area contributed by atoms with Crippen LogP contribution < -0.4 is 4.90 Å². The zero-order chi connectivity index (χ0) is 15.9. The first-order valence-corrected chi connectivity index (χ1v) is 7.04. The number of amides is 2. The molecule has 0 aromatic heterocycles. The van der Waals surface area contributed by atoms with Crippen LogP contribution in [0.25, 0.3) is 5.57 Å². The van der Waals surface area contributed by atoms with Gasteiger partial charge in [-0.1, -0.05) is 35.3 Å². The third-order valence-corrected chi connectivity index (χ3v) is 3.74. The van der Waals surface area contributed by atoms with Crippen LogP contribution in [0, 0.1) is 5.82 Å². The second-order valence-corrected chi connectivity index (χ2v) is 5.49. The first-order chi connectivity index (χ1) is 10.5. The molecule has 1 heterocycles. The zero-order valence-electron chi connectivity index (χ0n) is 11.0. The summed E-state index contributed by atoms with van der Waals surface area (Å²) in [5.41, 5.74) is 0.920. The molecular weight excluding hydrogens is 328 g/mol. The van der Waals surface area contributed by atoms with Crippen molar-refractivity contribution in [2.24, 2.45) is 0 Å². The molecule has 2 aromatic rings. The average Bonchev–Trinajstić information content (AvgIpc) is 2.77. The number of hydrogen-bond acceptors (Lipinski definition) is 2. The highest BCUT2D eigenvalue weighted by molar-refractivity contribution is 6.44. The molecule has 1 aliphatic heterocycles. The molecule has 0 N–H and O–H groups in total. The van der Waals surface area contributed by atoms with Gasteiger partial charge in [0.25, 0.3) is 11.8 Å². The Kier molecular flexibility index (Phi) is 3.72. The van der Waals surface area contributed by atoms with Crippen LogP contribution in [0.15, 0.2) is 48.5 Å². The maximum absolute atomic E-state index is 13.2. The van der Waals surface area contributed by atoms with E-state index in [0.717, 1.165) is 11.0 Å². The van der Waals surface area contributed by atoms with Crippen LogP contribution in [0.5, 0.6) is 0 Å². The Bertz CT molecular complexity index is 833. The molecule has 0 saturated carbocycles. The van der Waals surface area contributed by atoms with Crippen LogP contribution in [0.2, 0.25) is 10.0 Å². The topological polar surface area (TPSA) is 37.4 Å². The van der Waals surface area contributed by atoms with Crippen LogP contribution in [-0.4, -0.2) is 11.8 Å². The van der Waals surface area contributed by atoms with Gasteiger partial charge >= 0.3 is 0 Å². The molecule has 1 aliphatic rings. The molecule has 2 aromatic carbocycles. The summed E-state index contributed by atoms with van der Waals surface area (Å²) in [6.45, 7) is 0. The van der Waals surface area contributed by atoms with Crippen molar-refractivity contribution < 1.29 is 14.0 Å². The van der Waals surface area contributed by atoms with E-state index in [2.05, 4.69) is 0 Å². The summed E-state index contributed by atoms with van der Waals surface area (Å²) < 4.78 is 13.2. The smallest absolute Gasteiger partial charge is 0.266 e. The summed E-state index contributed by atoms with van der Waals surface area (Å²) in [6, 6.07) is 10.3. The Morgan fingerprint density at radius 2 is 1.77 bits per heavy atom. The summed E-state index contributed by atoms with van der Waals surface area (Å²) >= 11 is 11.6. The molecule has 0 spiro atoms. The fourth-order valence-corrected chi connectivity index (χ4v) is 2.57. The fourth-order valence-electron chi connectivity index (χ4n) is 2.20. The molecule has 0 atom stereocenters. The Morgan fingerprint density at radius 1 is 1.00 bits per heavy atom. The molecule has 0 aliphatic carbocycles. The van der Waals surface area contributed by atoms with Gasteiger partial charge in [-0.05, 0) is 35.9 Å². The molecule has 3 rings (SSSR count). The lowest BCUT2D eigenvalue weighted by atomic mass is 10.1. The molecule has 0 unspecified atom stereocenters. The monoisotopic (exact) mass is 335 g/mol. The number of carbonyl (C=O) groups excluding carboxylic acids is 2. The first kappa shape index (κ1) is 14.8. The normalized spacial score (nSPS) is 14.5. The van der Waals surface area contributed by atoms with Gasteiger partial charge in [-0.3, -0.25) is 9.59 Å². The SMILES string of the molecule is O=C1C=C(c2ccc(F)c(Cl)c2)C(=O)N1c1cccc(Cl)c1. The Balaban J connectivity index is 2.00. The number of anilines is 1. The van der Waals surface area contributed by atoms with Crippen molar-refractivity contribution in [1.29, 1.82) is 0 Å². The average molecular weight is 336 g/mol. The van der Waals surface area contributed by atoms with E-state index in [4.69, 9.17) is 23.2 Å². The molecule has 22 heavy (non-hydrogen) atoms. The summed E-state index contributed by atoms with van der Waals surface area (Å²) in [6.07, 6.45) is 1.20. The molecule has 110 valence electrons. The standard InChI is InChI=1S/C16H8Cl2FNO2/c17-10-2-1-3-11(7-10)20-15(21)8-12(16(20)22)9-4-5-14(19)13(18)6-9/h1-8H. The number of halogens is 3. The lowest BCUT2D eigenvalue weighted by molar-refractivity contribution is -0.119. The first-order valence-electron chi connectivity index (χ1n) is 6.28.